The van der Waals surface area contributed by atoms with Gasteiger partial charge in [-0.3, -0.25) is 9.59 Å². The van der Waals surface area contributed by atoms with Crippen LogP contribution in [0.15, 0.2) is 42.5 Å². The summed E-state index contributed by atoms with van der Waals surface area (Å²) in [5.41, 5.74) is -1.24. The van der Waals surface area contributed by atoms with Crippen LogP contribution >= 0.6 is 0 Å². The lowest BCUT2D eigenvalue weighted by Crippen LogP contribution is -2.24. The van der Waals surface area contributed by atoms with Gasteiger partial charge in [-0.1, -0.05) is 18.2 Å². The summed E-state index contributed by atoms with van der Waals surface area (Å²) in [5.74, 6) is -4.48. The first-order valence-electron chi connectivity index (χ1n) is 7.08. The van der Waals surface area contributed by atoms with Crippen LogP contribution in [0, 0.1) is 0 Å². The Balaban J connectivity index is 2.57. The molecular weight excluding hydrogens is 328 g/mol. The van der Waals surface area contributed by atoms with E-state index in [1.54, 1.807) is 30.3 Å². The number of amides is 2. The number of carbonyl (C=O) groups excluding carboxylic acids is 2. The zero-order chi connectivity index (χ0) is 18.6. The van der Waals surface area contributed by atoms with Gasteiger partial charge in [-0.2, -0.15) is 0 Å². The van der Waals surface area contributed by atoms with Crippen LogP contribution in [-0.2, 0) is 0 Å². The number of hydrogen-bond acceptors (Lipinski definition) is 4. The molecule has 0 aliphatic rings. The van der Waals surface area contributed by atoms with Crippen molar-refractivity contribution < 1.29 is 29.4 Å². The van der Waals surface area contributed by atoms with Crippen LogP contribution in [0.5, 0.6) is 0 Å². The van der Waals surface area contributed by atoms with Crippen molar-refractivity contribution in [2.24, 2.45) is 0 Å². The van der Waals surface area contributed by atoms with Crippen molar-refractivity contribution in [1.82, 2.24) is 5.32 Å². The van der Waals surface area contributed by atoms with Gasteiger partial charge >= 0.3 is 11.9 Å². The molecule has 0 saturated heterocycles. The van der Waals surface area contributed by atoms with Crippen LogP contribution in [0.1, 0.15) is 41.4 Å². The maximum absolute atomic E-state index is 12.4. The van der Waals surface area contributed by atoms with Crippen LogP contribution in [0.25, 0.3) is 0 Å². The number of carbonyl (C=O) groups is 4. The third-order valence-corrected chi connectivity index (χ3v) is 3.37. The van der Waals surface area contributed by atoms with Gasteiger partial charge in [0.1, 0.15) is 0 Å². The molecule has 0 spiro atoms. The summed E-state index contributed by atoms with van der Waals surface area (Å²) in [4.78, 5) is 47.1. The predicted molar refractivity (Wildman–Crippen MR) is 88.1 cm³/mol. The van der Waals surface area contributed by atoms with Crippen LogP contribution in [0.2, 0.25) is 0 Å². The highest BCUT2D eigenvalue weighted by Crippen LogP contribution is 2.20. The van der Waals surface area contributed by atoms with Crippen LogP contribution < -0.4 is 10.6 Å². The highest BCUT2D eigenvalue weighted by atomic mass is 16.4. The monoisotopic (exact) mass is 342 g/mol. The number of anilines is 1. The molecule has 4 N–H and O–H groups in total. The Bertz CT molecular complexity index is 861. The van der Waals surface area contributed by atoms with E-state index in [1.165, 1.54) is 7.05 Å². The Hall–Kier alpha value is -3.68. The molecule has 0 aromatic heterocycles. The lowest BCUT2D eigenvalue weighted by atomic mass is 9.97. The fourth-order valence-electron chi connectivity index (χ4n) is 2.18. The summed E-state index contributed by atoms with van der Waals surface area (Å²) in [7, 11) is 1.28. The van der Waals surface area contributed by atoms with Crippen LogP contribution in [0.4, 0.5) is 5.69 Å². The molecule has 0 heterocycles. The molecule has 25 heavy (non-hydrogen) atoms. The second kappa shape index (κ2) is 7.26. The van der Waals surface area contributed by atoms with Gasteiger partial charge in [-0.05, 0) is 24.3 Å². The van der Waals surface area contributed by atoms with E-state index < -0.39 is 34.9 Å². The minimum Gasteiger partial charge on any atom is -0.478 e. The quantitative estimate of drug-likeness (QED) is 0.653. The molecule has 0 aliphatic carbocycles. The maximum Gasteiger partial charge on any atom is 0.336 e. The molecule has 2 rings (SSSR count). The molecule has 0 radical (unpaired) electrons. The van der Waals surface area contributed by atoms with E-state index >= 15 is 0 Å². The highest BCUT2D eigenvalue weighted by Gasteiger charge is 2.25. The first kappa shape index (κ1) is 17.7. The van der Waals surface area contributed by atoms with Crippen molar-refractivity contribution in [1.29, 1.82) is 0 Å². The van der Waals surface area contributed by atoms with E-state index in [0.717, 1.165) is 12.1 Å². The van der Waals surface area contributed by atoms with Crippen molar-refractivity contribution >= 4 is 29.4 Å². The number of aromatic carboxylic acids is 2. The van der Waals surface area contributed by atoms with E-state index in [4.69, 9.17) is 0 Å². The van der Waals surface area contributed by atoms with Crippen molar-refractivity contribution in [2.75, 3.05) is 12.4 Å². The Kier molecular flexibility index (Phi) is 5.13. The van der Waals surface area contributed by atoms with Crippen LogP contribution in [-0.4, -0.2) is 41.0 Å². The smallest absolute Gasteiger partial charge is 0.336 e. The molecule has 0 bridgehead atoms. The molecule has 2 aromatic carbocycles. The molecule has 0 fully saturated rings. The fourth-order valence-corrected chi connectivity index (χ4v) is 2.18. The molecular formula is C17H14N2O6. The molecule has 128 valence electrons. The standard InChI is InChI=1S/C17H14N2O6/c1-18-14(20)10-7-13(17(24)25)11(8-12(10)16(22)23)15(21)19-9-5-3-2-4-6-9/h2-8H,1H3,(H,18,20)(H,19,21)(H,22,23)(H,24,25). The largest absolute Gasteiger partial charge is 0.478 e. The van der Waals surface area contributed by atoms with Gasteiger partial charge in [-0.15, -0.1) is 0 Å². The van der Waals surface area contributed by atoms with E-state index in [9.17, 15) is 29.4 Å². The van der Waals surface area contributed by atoms with E-state index in [1.807, 2.05) is 0 Å². The maximum atomic E-state index is 12.4. The number of nitrogens with one attached hydrogen (secondary N) is 2. The van der Waals surface area contributed by atoms with Crippen molar-refractivity contribution in [3.05, 3.63) is 64.7 Å². The zero-order valence-corrected chi connectivity index (χ0v) is 13.1. The summed E-state index contributed by atoms with van der Waals surface area (Å²) in [6.45, 7) is 0. The summed E-state index contributed by atoms with van der Waals surface area (Å²) in [6.07, 6.45) is 0. The summed E-state index contributed by atoms with van der Waals surface area (Å²) in [6, 6.07) is 10.0. The van der Waals surface area contributed by atoms with Gasteiger partial charge in [-0.25, -0.2) is 9.59 Å². The fraction of sp³-hybridized carbons (Fsp3) is 0.0588. The van der Waals surface area contributed by atoms with Gasteiger partial charge in [0.05, 0.1) is 22.3 Å². The van der Waals surface area contributed by atoms with Gasteiger partial charge < -0.3 is 20.8 Å². The Morgan fingerprint density at radius 2 is 1.24 bits per heavy atom. The molecule has 2 aromatic rings. The minimum absolute atomic E-state index is 0.344. The normalized spacial score (nSPS) is 9.96. The average Bonchev–Trinajstić information content (AvgIpc) is 2.60. The van der Waals surface area contributed by atoms with Crippen molar-refractivity contribution in [2.45, 2.75) is 0 Å². The van der Waals surface area contributed by atoms with Gasteiger partial charge in [0, 0.05) is 12.7 Å². The summed E-state index contributed by atoms with van der Waals surface area (Å²) >= 11 is 0. The SMILES string of the molecule is CNC(=O)c1cc(C(=O)O)c(C(=O)Nc2ccccc2)cc1C(=O)O. The van der Waals surface area contributed by atoms with E-state index in [2.05, 4.69) is 10.6 Å². The Labute approximate surface area is 142 Å². The van der Waals surface area contributed by atoms with Crippen molar-refractivity contribution in [3.63, 3.8) is 0 Å². The summed E-state index contributed by atoms with van der Waals surface area (Å²) < 4.78 is 0. The minimum atomic E-state index is -1.46. The lowest BCUT2D eigenvalue weighted by molar-refractivity contribution is 0.0676. The third kappa shape index (κ3) is 3.81. The number of rotatable bonds is 5. The van der Waals surface area contributed by atoms with Crippen LogP contribution in [0.3, 0.4) is 0 Å². The first-order chi connectivity index (χ1) is 11.8. The highest BCUT2D eigenvalue weighted by molar-refractivity contribution is 6.14. The summed E-state index contributed by atoms with van der Waals surface area (Å²) in [5, 5.41) is 23.3. The molecule has 0 aliphatic heterocycles. The molecule has 8 heteroatoms. The molecule has 0 atom stereocenters. The number of carboxylic acid groups (broad SMARTS) is 2. The zero-order valence-electron chi connectivity index (χ0n) is 13.1. The third-order valence-electron chi connectivity index (χ3n) is 3.37. The Morgan fingerprint density at radius 3 is 1.68 bits per heavy atom. The first-order valence-corrected chi connectivity index (χ1v) is 7.08. The second-order valence-corrected chi connectivity index (χ2v) is 4.95. The van der Waals surface area contributed by atoms with Gasteiger partial charge in [0.2, 0.25) is 0 Å². The van der Waals surface area contributed by atoms with Gasteiger partial charge in [0.15, 0.2) is 0 Å². The van der Waals surface area contributed by atoms with E-state index in [-0.39, 0.29) is 11.1 Å². The lowest BCUT2D eigenvalue weighted by Gasteiger charge is -2.12. The average molecular weight is 342 g/mol. The number of hydrogen-bond donors (Lipinski definition) is 4. The number of para-hydroxylation sites is 1. The number of carboxylic acids is 2. The van der Waals surface area contributed by atoms with E-state index in [0.29, 0.717) is 5.69 Å². The topological polar surface area (TPSA) is 133 Å². The van der Waals surface area contributed by atoms with Crippen molar-refractivity contribution in [3.8, 4) is 0 Å². The predicted octanol–water partition coefficient (Wildman–Crippen LogP) is 1.69. The molecule has 2 amide bonds. The second-order valence-electron chi connectivity index (χ2n) is 4.95. The Morgan fingerprint density at radius 1 is 0.760 bits per heavy atom. The van der Waals surface area contributed by atoms with Gasteiger partial charge in [0.25, 0.3) is 11.8 Å². The molecule has 0 saturated carbocycles. The molecule has 8 nitrogen and oxygen atoms in total. The molecule has 0 unspecified atom stereocenters. The number of benzene rings is 2.